The van der Waals surface area contributed by atoms with Crippen LogP contribution in [0.1, 0.15) is 53.8 Å². The number of anilines is 1. The summed E-state index contributed by atoms with van der Waals surface area (Å²) in [4.78, 5) is 57.0. The number of ketones is 1. The van der Waals surface area contributed by atoms with Gasteiger partial charge in [-0.1, -0.05) is 36.4 Å². The normalized spacial score (nSPS) is 26.1. The van der Waals surface area contributed by atoms with E-state index in [-0.39, 0.29) is 18.6 Å². The van der Waals surface area contributed by atoms with Crippen LogP contribution in [0.25, 0.3) is 10.9 Å². The number of benzene rings is 2. The van der Waals surface area contributed by atoms with E-state index in [1.165, 1.54) is 28.1 Å². The van der Waals surface area contributed by atoms with Gasteiger partial charge in [-0.25, -0.2) is 4.79 Å². The van der Waals surface area contributed by atoms with Crippen molar-refractivity contribution in [3.63, 3.8) is 0 Å². The molecule has 15 heteroatoms. The number of esters is 1. The first kappa shape index (κ1) is 35.9. The minimum Gasteiger partial charge on any atom is -0.467 e. The third kappa shape index (κ3) is 6.90. The number of nitrogens with one attached hydrogen (secondary N) is 3. The number of amides is 2. The van der Waals surface area contributed by atoms with E-state index in [0.29, 0.717) is 27.8 Å². The SMILES string of the molecule is COC[C@@H](NC(C)=O)C(=O)c1c(C2[C@H](C[C@H](NC(C)=O)C(=O)OC)c3ccccc3N2[C@@H]2O[C@H](CO)[C@@H](O)[C@H](O)[C@H]2O)[nH]c2ccccc12. The van der Waals surface area contributed by atoms with Crippen LogP contribution in [0.3, 0.4) is 0 Å². The number of fused-ring (bicyclic) bond motifs is 2. The van der Waals surface area contributed by atoms with Crippen LogP contribution in [0.15, 0.2) is 48.5 Å². The highest BCUT2D eigenvalue weighted by Crippen LogP contribution is 2.54. The lowest BCUT2D eigenvalue weighted by Gasteiger charge is -2.46. The summed E-state index contributed by atoms with van der Waals surface area (Å²) in [6.45, 7) is 1.73. The lowest BCUT2D eigenvalue weighted by Crippen LogP contribution is -2.63. The molecule has 0 spiro atoms. The number of ether oxygens (including phenoxy) is 3. The van der Waals surface area contributed by atoms with Gasteiger partial charge in [0.25, 0.3) is 0 Å². The molecular weight excluding hydrogens is 640 g/mol. The molecule has 1 saturated heterocycles. The summed E-state index contributed by atoms with van der Waals surface area (Å²) in [5, 5.41) is 48.8. The van der Waals surface area contributed by atoms with Crippen molar-refractivity contribution in [2.24, 2.45) is 0 Å². The summed E-state index contributed by atoms with van der Waals surface area (Å²) >= 11 is 0. The Morgan fingerprint density at radius 2 is 1.57 bits per heavy atom. The predicted molar refractivity (Wildman–Crippen MR) is 175 cm³/mol. The van der Waals surface area contributed by atoms with Gasteiger partial charge in [-0.3, -0.25) is 14.4 Å². The number of hydrogen-bond donors (Lipinski definition) is 7. The molecule has 3 aromatic rings. The number of nitrogens with zero attached hydrogens (tertiary/aromatic N) is 1. The minimum atomic E-state index is -1.72. The first-order chi connectivity index (χ1) is 23.4. The van der Waals surface area contributed by atoms with Crippen LogP contribution in [0.2, 0.25) is 0 Å². The van der Waals surface area contributed by atoms with Crippen LogP contribution >= 0.6 is 0 Å². The average Bonchev–Trinajstić information content (AvgIpc) is 3.61. The molecule has 2 aliphatic heterocycles. The van der Waals surface area contributed by atoms with E-state index < -0.39 is 84.9 Å². The molecule has 49 heavy (non-hydrogen) atoms. The van der Waals surface area contributed by atoms with Gasteiger partial charge in [-0.15, -0.1) is 0 Å². The summed E-state index contributed by atoms with van der Waals surface area (Å²) in [5.41, 5.74) is 2.23. The molecule has 2 amide bonds. The second-order valence-electron chi connectivity index (χ2n) is 12.3. The number of aliphatic hydroxyl groups excluding tert-OH is 4. The number of carbonyl (C=O) groups is 4. The zero-order valence-electron chi connectivity index (χ0n) is 27.5. The number of aromatic nitrogens is 1. The van der Waals surface area contributed by atoms with Crippen LogP contribution in [0.5, 0.6) is 0 Å². The number of H-pyrrole nitrogens is 1. The van der Waals surface area contributed by atoms with Gasteiger partial charge >= 0.3 is 5.97 Å². The largest absolute Gasteiger partial charge is 0.467 e. The van der Waals surface area contributed by atoms with E-state index in [0.717, 1.165) is 0 Å². The molecule has 0 saturated carbocycles. The van der Waals surface area contributed by atoms with Crippen molar-refractivity contribution in [3.8, 4) is 0 Å². The zero-order chi connectivity index (χ0) is 35.6. The minimum absolute atomic E-state index is 0.0436. The van der Waals surface area contributed by atoms with Gasteiger partial charge in [0.15, 0.2) is 12.0 Å². The molecule has 1 unspecified atom stereocenters. The highest BCUT2D eigenvalue weighted by Gasteiger charge is 2.53. The summed E-state index contributed by atoms with van der Waals surface area (Å²) in [6.07, 6.45) is -7.75. The van der Waals surface area contributed by atoms with Gasteiger partial charge in [-0.2, -0.15) is 0 Å². The molecule has 3 heterocycles. The third-order valence-corrected chi connectivity index (χ3v) is 9.09. The predicted octanol–water partition coefficient (Wildman–Crippen LogP) is 0.0143. The Bertz CT molecular complexity index is 1690. The van der Waals surface area contributed by atoms with Crippen molar-refractivity contribution in [2.75, 3.05) is 32.3 Å². The van der Waals surface area contributed by atoms with Crippen molar-refractivity contribution in [1.29, 1.82) is 0 Å². The monoisotopic (exact) mass is 682 g/mol. The van der Waals surface area contributed by atoms with Crippen LogP contribution in [-0.4, -0.2) is 119 Å². The second-order valence-corrected chi connectivity index (χ2v) is 12.3. The molecule has 9 atom stereocenters. The quantitative estimate of drug-likeness (QED) is 0.0993. The molecule has 0 radical (unpaired) electrons. The summed E-state index contributed by atoms with van der Waals surface area (Å²) in [5.74, 6) is -2.85. The standard InChI is InChI=1S/C34H42N4O11/c1-16(40)35-22(34(46)48-4)13-20-18-9-6-8-12-24(18)38(33-32(45)31(44)30(43)25(14-39)49-33)28(20)27-26(19-10-5-7-11-21(19)37-27)29(42)23(15-47-3)36-17(2)41/h5-12,20,22-23,25,28,30-33,37,39,43-45H,13-15H2,1-4H3,(H,35,40)(H,36,41)/t20-,22+,23-,25-,28?,30-,31+,32-,33-/m1/s1. The van der Waals surface area contributed by atoms with E-state index >= 15 is 0 Å². The summed E-state index contributed by atoms with van der Waals surface area (Å²) in [6, 6.07) is 10.9. The molecule has 1 fully saturated rings. The van der Waals surface area contributed by atoms with Crippen molar-refractivity contribution < 1.29 is 53.8 Å². The molecular formula is C34H42N4O11. The first-order valence-corrected chi connectivity index (χ1v) is 15.9. The number of carbonyl (C=O) groups excluding carboxylic acids is 4. The van der Waals surface area contributed by atoms with E-state index in [9.17, 15) is 39.6 Å². The second kappa shape index (κ2) is 15.0. The Morgan fingerprint density at radius 1 is 0.918 bits per heavy atom. The van der Waals surface area contributed by atoms with Gasteiger partial charge in [0, 0.05) is 43.5 Å². The van der Waals surface area contributed by atoms with Crippen molar-refractivity contribution in [3.05, 3.63) is 65.4 Å². The fraction of sp³-hybridized carbons (Fsp3) is 0.471. The molecule has 0 aliphatic carbocycles. The fourth-order valence-electron chi connectivity index (χ4n) is 7.03. The van der Waals surface area contributed by atoms with Gasteiger partial charge in [0.05, 0.1) is 37.6 Å². The smallest absolute Gasteiger partial charge is 0.328 e. The Balaban J connectivity index is 1.78. The van der Waals surface area contributed by atoms with Crippen LogP contribution in [-0.2, 0) is 28.6 Å². The number of Topliss-reactive ketones (excluding diaryl/α,β-unsaturated/α-hetero) is 1. The molecule has 264 valence electrons. The van der Waals surface area contributed by atoms with Crippen molar-refractivity contribution in [1.82, 2.24) is 15.6 Å². The molecule has 0 bridgehead atoms. The zero-order valence-corrected chi connectivity index (χ0v) is 27.5. The third-order valence-electron chi connectivity index (χ3n) is 9.09. The maximum atomic E-state index is 14.5. The maximum Gasteiger partial charge on any atom is 0.328 e. The number of rotatable bonds is 12. The molecule has 5 rings (SSSR count). The fourth-order valence-corrected chi connectivity index (χ4v) is 7.03. The topological polar surface area (TPSA) is 220 Å². The Kier molecular flexibility index (Phi) is 11.0. The van der Waals surface area contributed by atoms with E-state index in [1.807, 2.05) is 0 Å². The van der Waals surface area contributed by atoms with Gasteiger partial charge < -0.3 is 55.2 Å². The van der Waals surface area contributed by atoms with E-state index in [4.69, 9.17) is 14.2 Å². The van der Waals surface area contributed by atoms with Gasteiger partial charge in [0.2, 0.25) is 11.8 Å². The van der Waals surface area contributed by atoms with Crippen LogP contribution in [0, 0.1) is 0 Å². The first-order valence-electron chi connectivity index (χ1n) is 15.9. The van der Waals surface area contributed by atoms with E-state index in [2.05, 4.69) is 15.6 Å². The highest BCUT2D eigenvalue weighted by molar-refractivity contribution is 6.12. The molecule has 2 aromatic carbocycles. The molecule has 15 nitrogen and oxygen atoms in total. The lowest BCUT2D eigenvalue weighted by atomic mass is 9.84. The Hall–Kier alpha value is -4.38. The van der Waals surface area contributed by atoms with Crippen molar-refractivity contribution in [2.45, 2.75) is 75.0 Å². The van der Waals surface area contributed by atoms with E-state index in [1.54, 1.807) is 53.4 Å². The molecule has 2 aliphatic rings. The molecule has 1 aromatic heterocycles. The van der Waals surface area contributed by atoms with Crippen LogP contribution in [0.4, 0.5) is 5.69 Å². The Morgan fingerprint density at radius 3 is 2.22 bits per heavy atom. The number of aromatic amines is 1. The maximum absolute atomic E-state index is 14.5. The summed E-state index contributed by atoms with van der Waals surface area (Å²) < 4.78 is 16.4. The molecule has 7 N–H and O–H groups in total. The average molecular weight is 683 g/mol. The number of hydrogen-bond acceptors (Lipinski definition) is 12. The van der Waals surface area contributed by atoms with Crippen LogP contribution < -0.4 is 15.5 Å². The van der Waals surface area contributed by atoms with Gasteiger partial charge in [-0.05, 0) is 24.1 Å². The lowest BCUT2D eigenvalue weighted by molar-refractivity contribution is -0.230. The van der Waals surface area contributed by atoms with Crippen molar-refractivity contribution >= 4 is 40.2 Å². The number of para-hydroxylation sites is 2. The number of aliphatic hydroxyl groups is 4. The van der Waals surface area contributed by atoms with Gasteiger partial charge in [0.1, 0.15) is 36.5 Å². The number of methoxy groups -OCH3 is 2. The summed E-state index contributed by atoms with van der Waals surface area (Å²) in [7, 11) is 2.60. The highest BCUT2D eigenvalue weighted by atomic mass is 16.6. The Labute approximate surface area is 282 Å².